The molecule has 0 saturated carbocycles. The van der Waals surface area contributed by atoms with Crippen LogP contribution in [0.15, 0.2) is 42.5 Å². The fourth-order valence-electron chi connectivity index (χ4n) is 2.04. The van der Waals surface area contributed by atoms with Gasteiger partial charge in [0.25, 0.3) is 0 Å². The highest BCUT2D eigenvalue weighted by atomic mass is 32.1. The molecule has 0 aliphatic rings. The predicted molar refractivity (Wildman–Crippen MR) is 81.0 cm³/mol. The number of aromatic nitrogens is 1. The number of thiazole rings is 1. The van der Waals surface area contributed by atoms with E-state index >= 15 is 0 Å². The molecule has 0 radical (unpaired) electrons. The Hall–Kier alpha value is -2.40. The lowest BCUT2D eigenvalue weighted by atomic mass is 10.1. The number of phenols is 1. The van der Waals surface area contributed by atoms with Crippen molar-refractivity contribution in [2.24, 2.45) is 0 Å². The quantitative estimate of drug-likeness (QED) is 0.755. The number of benzene rings is 2. The van der Waals surface area contributed by atoms with Crippen LogP contribution in [0.4, 0.5) is 5.13 Å². The van der Waals surface area contributed by atoms with Gasteiger partial charge < -0.3 is 10.4 Å². The molecule has 0 spiro atoms. The number of rotatable bonds is 2. The molecule has 1 amide bonds. The lowest BCUT2D eigenvalue weighted by molar-refractivity contribution is -0.114. The monoisotopic (exact) mass is 284 g/mol. The van der Waals surface area contributed by atoms with Crippen molar-refractivity contribution < 1.29 is 9.90 Å². The van der Waals surface area contributed by atoms with Gasteiger partial charge in [0.1, 0.15) is 11.3 Å². The maximum absolute atomic E-state index is 11.1. The van der Waals surface area contributed by atoms with E-state index in [-0.39, 0.29) is 11.7 Å². The largest absolute Gasteiger partial charge is 0.506 e. The molecule has 3 aromatic rings. The number of aromatic hydroxyl groups is 1. The van der Waals surface area contributed by atoms with Crippen LogP contribution < -0.4 is 5.32 Å². The molecule has 2 aromatic carbocycles. The molecule has 100 valence electrons. The number of hydrogen-bond acceptors (Lipinski definition) is 4. The minimum atomic E-state index is -0.176. The first-order valence-corrected chi connectivity index (χ1v) is 6.92. The average Bonchev–Trinajstić information content (AvgIpc) is 2.83. The first kappa shape index (κ1) is 12.6. The Kier molecular flexibility index (Phi) is 3.12. The van der Waals surface area contributed by atoms with E-state index in [2.05, 4.69) is 10.3 Å². The summed E-state index contributed by atoms with van der Waals surface area (Å²) in [5.74, 6) is -0.0580. The summed E-state index contributed by atoms with van der Waals surface area (Å²) < 4.78 is 0.861. The molecule has 1 heterocycles. The molecule has 0 aliphatic heterocycles. The van der Waals surface area contributed by atoms with Crippen LogP contribution in [0.1, 0.15) is 6.92 Å². The Balaban J connectivity index is 2.21. The van der Waals surface area contributed by atoms with Crippen LogP contribution in [0.2, 0.25) is 0 Å². The van der Waals surface area contributed by atoms with Crippen LogP contribution in [-0.2, 0) is 4.79 Å². The predicted octanol–water partition coefficient (Wildman–Crippen LogP) is 3.63. The fraction of sp³-hybridized carbons (Fsp3) is 0.0667. The van der Waals surface area contributed by atoms with Crippen molar-refractivity contribution in [2.75, 3.05) is 5.32 Å². The van der Waals surface area contributed by atoms with Gasteiger partial charge in [-0.3, -0.25) is 4.79 Å². The first-order chi connectivity index (χ1) is 9.65. The maximum atomic E-state index is 11.1. The second-order valence-electron chi connectivity index (χ2n) is 4.38. The van der Waals surface area contributed by atoms with Gasteiger partial charge in [-0.1, -0.05) is 41.7 Å². The van der Waals surface area contributed by atoms with Crippen molar-refractivity contribution in [3.63, 3.8) is 0 Å². The van der Waals surface area contributed by atoms with Gasteiger partial charge in [0.2, 0.25) is 5.91 Å². The van der Waals surface area contributed by atoms with Gasteiger partial charge in [-0.25, -0.2) is 4.98 Å². The van der Waals surface area contributed by atoms with E-state index in [0.29, 0.717) is 10.6 Å². The second kappa shape index (κ2) is 4.94. The third-order valence-corrected chi connectivity index (χ3v) is 3.89. The summed E-state index contributed by atoms with van der Waals surface area (Å²) in [7, 11) is 0. The SMILES string of the molecule is CC(=O)Nc1nc2c(O)ccc(-c3ccccc3)c2s1. The van der Waals surface area contributed by atoms with Crippen LogP contribution in [0.5, 0.6) is 5.75 Å². The van der Waals surface area contributed by atoms with E-state index < -0.39 is 0 Å². The van der Waals surface area contributed by atoms with E-state index in [9.17, 15) is 9.90 Å². The second-order valence-corrected chi connectivity index (χ2v) is 5.38. The Labute approximate surface area is 119 Å². The van der Waals surface area contributed by atoms with E-state index in [0.717, 1.165) is 15.8 Å². The molecule has 0 atom stereocenters. The molecule has 1 aromatic heterocycles. The lowest BCUT2D eigenvalue weighted by Crippen LogP contribution is -2.04. The molecule has 0 bridgehead atoms. The van der Waals surface area contributed by atoms with Gasteiger partial charge in [-0.05, 0) is 17.7 Å². The maximum Gasteiger partial charge on any atom is 0.223 e. The molecule has 2 N–H and O–H groups in total. The number of anilines is 1. The average molecular weight is 284 g/mol. The minimum Gasteiger partial charge on any atom is -0.506 e. The normalized spacial score (nSPS) is 10.7. The van der Waals surface area contributed by atoms with Crippen LogP contribution in [0, 0.1) is 0 Å². The molecule has 0 aliphatic carbocycles. The minimum absolute atomic E-state index is 0.118. The summed E-state index contributed by atoms with van der Waals surface area (Å²) in [6.07, 6.45) is 0. The fourth-order valence-corrected chi connectivity index (χ4v) is 3.11. The number of phenolic OH excluding ortho intramolecular Hbond substituents is 1. The Bertz CT molecular complexity index is 781. The highest BCUT2D eigenvalue weighted by molar-refractivity contribution is 7.23. The van der Waals surface area contributed by atoms with Crippen LogP contribution in [-0.4, -0.2) is 16.0 Å². The van der Waals surface area contributed by atoms with Crippen molar-refractivity contribution >= 4 is 32.6 Å². The zero-order valence-electron chi connectivity index (χ0n) is 10.8. The van der Waals surface area contributed by atoms with E-state index in [1.165, 1.54) is 18.3 Å². The summed E-state index contributed by atoms with van der Waals surface area (Å²) in [6, 6.07) is 13.4. The van der Waals surface area contributed by atoms with Crippen LogP contribution in [0.25, 0.3) is 21.3 Å². The molecule has 0 fully saturated rings. The van der Waals surface area contributed by atoms with Crippen LogP contribution >= 0.6 is 11.3 Å². The van der Waals surface area contributed by atoms with E-state index in [1.807, 2.05) is 36.4 Å². The molecular weight excluding hydrogens is 272 g/mol. The van der Waals surface area contributed by atoms with Gasteiger partial charge in [-0.2, -0.15) is 0 Å². The summed E-state index contributed by atoms with van der Waals surface area (Å²) in [6.45, 7) is 1.43. The topological polar surface area (TPSA) is 62.2 Å². The van der Waals surface area contributed by atoms with Crippen molar-refractivity contribution in [3.05, 3.63) is 42.5 Å². The summed E-state index contributed by atoms with van der Waals surface area (Å²) in [5.41, 5.74) is 2.56. The molecule has 3 rings (SSSR count). The van der Waals surface area contributed by atoms with Crippen molar-refractivity contribution in [2.45, 2.75) is 6.92 Å². The third-order valence-electron chi connectivity index (χ3n) is 2.89. The molecule has 4 nitrogen and oxygen atoms in total. The Morgan fingerprint density at radius 3 is 2.65 bits per heavy atom. The molecule has 5 heteroatoms. The Morgan fingerprint density at radius 1 is 1.20 bits per heavy atom. The third kappa shape index (κ3) is 2.23. The van der Waals surface area contributed by atoms with Gasteiger partial charge in [0, 0.05) is 12.5 Å². The van der Waals surface area contributed by atoms with E-state index in [1.54, 1.807) is 6.07 Å². The number of nitrogens with one attached hydrogen (secondary N) is 1. The van der Waals surface area contributed by atoms with Gasteiger partial charge in [0.05, 0.1) is 4.70 Å². The lowest BCUT2D eigenvalue weighted by Gasteiger charge is -2.03. The molecule has 0 saturated heterocycles. The first-order valence-electron chi connectivity index (χ1n) is 6.10. The zero-order valence-corrected chi connectivity index (χ0v) is 11.6. The van der Waals surface area contributed by atoms with E-state index in [4.69, 9.17) is 0 Å². The smallest absolute Gasteiger partial charge is 0.223 e. The summed E-state index contributed by atoms with van der Waals surface area (Å²) >= 11 is 1.36. The van der Waals surface area contributed by atoms with Crippen molar-refractivity contribution in [1.82, 2.24) is 4.98 Å². The van der Waals surface area contributed by atoms with Crippen LogP contribution in [0.3, 0.4) is 0 Å². The molecular formula is C15H12N2O2S. The summed E-state index contributed by atoms with van der Waals surface area (Å²) in [5, 5.41) is 13.1. The molecule has 0 unspecified atom stereocenters. The zero-order chi connectivity index (χ0) is 14.1. The number of carbonyl (C=O) groups excluding carboxylic acids is 1. The van der Waals surface area contributed by atoms with Gasteiger partial charge in [0.15, 0.2) is 5.13 Å². The number of fused-ring (bicyclic) bond motifs is 1. The van der Waals surface area contributed by atoms with Gasteiger partial charge in [-0.15, -0.1) is 0 Å². The van der Waals surface area contributed by atoms with Crippen molar-refractivity contribution in [3.8, 4) is 16.9 Å². The number of hydrogen-bond donors (Lipinski definition) is 2. The Morgan fingerprint density at radius 2 is 1.95 bits per heavy atom. The summed E-state index contributed by atoms with van der Waals surface area (Å²) in [4.78, 5) is 15.4. The number of nitrogens with zero attached hydrogens (tertiary/aromatic N) is 1. The van der Waals surface area contributed by atoms with Crippen molar-refractivity contribution in [1.29, 1.82) is 0 Å². The molecule has 20 heavy (non-hydrogen) atoms. The highest BCUT2D eigenvalue weighted by Gasteiger charge is 2.13. The standard InChI is InChI=1S/C15H12N2O2S/c1-9(18)16-15-17-13-12(19)8-7-11(14(13)20-15)10-5-3-2-4-6-10/h2-8,19H,1H3,(H,16,17,18). The highest BCUT2D eigenvalue weighted by Crippen LogP contribution is 2.39. The number of carbonyl (C=O) groups is 1. The van der Waals surface area contributed by atoms with Gasteiger partial charge >= 0.3 is 0 Å². The number of amides is 1.